The third-order valence-corrected chi connectivity index (χ3v) is 5.73. The molecule has 2 N–H and O–H groups in total. The van der Waals surface area contributed by atoms with Crippen molar-refractivity contribution in [1.82, 2.24) is 20.4 Å². The summed E-state index contributed by atoms with van der Waals surface area (Å²) in [6.07, 6.45) is 9.58. The number of rotatable bonds is 11. The molecule has 0 unspecified atom stereocenters. The van der Waals surface area contributed by atoms with E-state index < -0.39 is 0 Å². The monoisotopic (exact) mass is 424 g/mol. The molecule has 2 aromatic rings. The molecule has 8 heteroatoms. The van der Waals surface area contributed by atoms with Crippen LogP contribution in [0.3, 0.4) is 0 Å². The summed E-state index contributed by atoms with van der Waals surface area (Å²) in [5.41, 5.74) is 0.0757. The van der Waals surface area contributed by atoms with Gasteiger partial charge in [-0.2, -0.15) is 0 Å². The third-order valence-electron chi connectivity index (χ3n) is 3.93. The molecule has 2 rings (SSSR count). The summed E-state index contributed by atoms with van der Waals surface area (Å²) in [7, 11) is 0. The Labute approximate surface area is 178 Å². The second-order valence-corrected chi connectivity index (χ2v) is 11.5. The number of aromatic nitrogens is 4. The summed E-state index contributed by atoms with van der Waals surface area (Å²) in [5.74, 6) is 0. The predicted octanol–water partition coefficient (Wildman–Crippen LogP) is 5.94. The van der Waals surface area contributed by atoms with E-state index in [-0.39, 0.29) is 11.1 Å². The van der Waals surface area contributed by atoms with E-state index in [1.807, 2.05) is 0 Å². The Morgan fingerprint density at radius 1 is 0.571 bits per heavy atom. The van der Waals surface area contributed by atoms with Crippen LogP contribution in [-0.4, -0.2) is 31.5 Å². The molecule has 6 nitrogen and oxygen atoms in total. The molecule has 28 heavy (non-hydrogen) atoms. The Balaban J connectivity index is 1.51. The van der Waals surface area contributed by atoms with E-state index in [1.165, 1.54) is 38.5 Å². The van der Waals surface area contributed by atoms with Crippen molar-refractivity contribution in [1.29, 1.82) is 0 Å². The number of anilines is 2. The highest BCUT2D eigenvalue weighted by atomic mass is 32.1. The highest BCUT2D eigenvalue weighted by Crippen LogP contribution is 2.22. The van der Waals surface area contributed by atoms with Gasteiger partial charge in [0, 0.05) is 23.9 Å². The normalized spacial score (nSPS) is 12.4. The Morgan fingerprint density at radius 3 is 1.29 bits per heavy atom. The minimum absolute atomic E-state index is 0.0379. The molecule has 0 saturated carbocycles. The van der Waals surface area contributed by atoms with Crippen LogP contribution in [0.2, 0.25) is 0 Å². The lowest BCUT2D eigenvalue weighted by atomic mass is 10.1. The quantitative estimate of drug-likeness (QED) is 0.435. The van der Waals surface area contributed by atoms with E-state index >= 15 is 0 Å². The van der Waals surface area contributed by atoms with Crippen molar-refractivity contribution in [3.05, 3.63) is 10.0 Å². The molecule has 2 aromatic heterocycles. The number of unbranched alkanes of at least 4 members (excludes halogenated alkanes) is 5. The van der Waals surface area contributed by atoms with Crippen LogP contribution >= 0.6 is 22.7 Å². The fourth-order valence-corrected chi connectivity index (χ4v) is 4.69. The summed E-state index contributed by atoms with van der Waals surface area (Å²) in [6.45, 7) is 12.8. The van der Waals surface area contributed by atoms with Crippen molar-refractivity contribution in [2.45, 2.75) is 104 Å². The molecule has 0 atom stereocenters. The lowest BCUT2D eigenvalue weighted by Gasteiger charge is -2.18. The highest BCUT2D eigenvalue weighted by Gasteiger charge is 2.13. The maximum absolute atomic E-state index is 4.29. The fraction of sp³-hybridized carbons (Fsp3) is 0.800. The molecule has 0 aliphatic heterocycles. The summed E-state index contributed by atoms with van der Waals surface area (Å²) in [4.78, 5) is 0. The molecule has 0 saturated heterocycles. The minimum Gasteiger partial charge on any atom is -0.355 e. The second-order valence-electron chi connectivity index (χ2n) is 9.37. The van der Waals surface area contributed by atoms with Crippen LogP contribution in [0.1, 0.15) is 90.1 Å². The van der Waals surface area contributed by atoms with Gasteiger partial charge in [-0.05, 0) is 54.4 Å². The first-order valence-electron chi connectivity index (χ1n) is 10.3. The van der Waals surface area contributed by atoms with Crippen LogP contribution in [0.25, 0.3) is 0 Å². The van der Waals surface area contributed by atoms with E-state index in [0.717, 1.165) is 33.1 Å². The molecular weight excluding hydrogens is 388 g/mol. The molecule has 0 amide bonds. The van der Waals surface area contributed by atoms with Gasteiger partial charge in [-0.15, -0.1) is 20.4 Å². The average molecular weight is 425 g/mol. The first-order chi connectivity index (χ1) is 13.1. The van der Waals surface area contributed by atoms with Gasteiger partial charge in [-0.25, -0.2) is 0 Å². The van der Waals surface area contributed by atoms with E-state index in [1.54, 1.807) is 22.7 Å². The fourth-order valence-electron chi connectivity index (χ4n) is 2.71. The molecule has 0 aliphatic rings. The Hall–Kier alpha value is -1.28. The lowest BCUT2D eigenvalue weighted by Crippen LogP contribution is -2.25. The van der Waals surface area contributed by atoms with E-state index in [4.69, 9.17) is 0 Å². The van der Waals surface area contributed by atoms with Crippen molar-refractivity contribution in [2.24, 2.45) is 0 Å². The Morgan fingerprint density at radius 2 is 0.929 bits per heavy atom. The molecule has 0 fully saturated rings. The van der Waals surface area contributed by atoms with Gasteiger partial charge in [0.15, 0.2) is 0 Å². The maximum atomic E-state index is 4.29. The molecule has 0 spiro atoms. The molecule has 0 aromatic carbocycles. The molecule has 2 heterocycles. The molecule has 0 aliphatic carbocycles. The third kappa shape index (κ3) is 9.78. The van der Waals surface area contributed by atoms with Crippen molar-refractivity contribution < 1.29 is 0 Å². The van der Waals surface area contributed by atoms with Gasteiger partial charge in [0.05, 0.1) is 0 Å². The van der Waals surface area contributed by atoms with Crippen molar-refractivity contribution in [3.63, 3.8) is 0 Å². The van der Waals surface area contributed by atoms with Crippen LogP contribution in [0.5, 0.6) is 0 Å². The molecule has 0 bridgehead atoms. The number of nitrogens with zero attached hydrogens (tertiary/aromatic N) is 4. The maximum Gasteiger partial charge on any atom is 0.206 e. The van der Waals surface area contributed by atoms with Gasteiger partial charge in [0.2, 0.25) is 10.3 Å². The largest absolute Gasteiger partial charge is 0.355 e. The smallest absolute Gasteiger partial charge is 0.206 e. The first kappa shape index (κ1) is 23.0. The van der Waals surface area contributed by atoms with Crippen LogP contribution in [0.4, 0.5) is 10.3 Å². The zero-order valence-electron chi connectivity index (χ0n) is 18.3. The number of aryl methyl sites for hydroxylation is 2. The summed E-state index contributed by atoms with van der Waals surface area (Å²) in [5, 5.41) is 28.0. The summed E-state index contributed by atoms with van der Waals surface area (Å²) < 4.78 is 0. The SMILES string of the molecule is CC(C)(C)Nc1nnc(CCCCCCCCc2nnc(NC(C)(C)C)s2)s1. The van der Waals surface area contributed by atoms with Crippen molar-refractivity contribution >= 4 is 32.9 Å². The van der Waals surface area contributed by atoms with Crippen LogP contribution in [-0.2, 0) is 12.8 Å². The molecule has 0 radical (unpaired) electrons. The molecule has 158 valence electrons. The van der Waals surface area contributed by atoms with Crippen LogP contribution < -0.4 is 10.6 Å². The highest BCUT2D eigenvalue weighted by molar-refractivity contribution is 7.15. The summed E-state index contributed by atoms with van der Waals surface area (Å²) >= 11 is 3.37. The lowest BCUT2D eigenvalue weighted by molar-refractivity contribution is 0.591. The zero-order valence-corrected chi connectivity index (χ0v) is 19.9. The Kier molecular flexibility index (Phi) is 8.61. The van der Waals surface area contributed by atoms with Crippen molar-refractivity contribution in [3.8, 4) is 0 Å². The number of nitrogens with one attached hydrogen (secondary N) is 2. The van der Waals surface area contributed by atoms with Crippen LogP contribution in [0, 0.1) is 0 Å². The van der Waals surface area contributed by atoms with Gasteiger partial charge in [0.25, 0.3) is 0 Å². The Bertz CT molecular complexity index is 636. The topological polar surface area (TPSA) is 75.6 Å². The van der Waals surface area contributed by atoms with E-state index in [0.29, 0.717) is 0 Å². The van der Waals surface area contributed by atoms with Crippen LogP contribution in [0.15, 0.2) is 0 Å². The van der Waals surface area contributed by atoms with Gasteiger partial charge in [-0.3, -0.25) is 0 Å². The average Bonchev–Trinajstić information content (AvgIpc) is 3.16. The van der Waals surface area contributed by atoms with Gasteiger partial charge in [-0.1, -0.05) is 48.4 Å². The van der Waals surface area contributed by atoms with Gasteiger partial charge in [0.1, 0.15) is 10.0 Å². The number of hydrogen-bond acceptors (Lipinski definition) is 8. The zero-order chi connectivity index (χ0) is 20.6. The van der Waals surface area contributed by atoms with E-state index in [9.17, 15) is 0 Å². The number of hydrogen-bond donors (Lipinski definition) is 2. The predicted molar refractivity (Wildman–Crippen MR) is 122 cm³/mol. The molecular formula is C20H36N6S2. The van der Waals surface area contributed by atoms with Gasteiger partial charge >= 0.3 is 0 Å². The minimum atomic E-state index is 0.0379. The first-order valence-corrected chi connectivity index (χ1v) is 12.0. The van der Waals surface area contributed by atoms with Gasteiger partial charge < -0.3 is 10.6 Å². The standard InChI is InChI=1S/C20H36N6S2/c1-19(2,3)21-17-25-23-15(27-17)13-11-9-7-8-10-12-14-16-24-26-18(28-16)22-20(4,5)6/h7-14H2,1-6H3,(H,21,25)(H,22,26). The van der Waals surface area contributed by atoms with Crippen molar-refractivity contribution in [2.75, 3.05) is 10.6 Å². The second kappa shape index (κ2) is 10.5. The van der Waals surface area contributed by atoms with E-state index in [2.05, 4.69) is 72.6 Å². The summed E-state index contributed by atoms with van der Waals surface area (Å²) in [6, 6.07) is 0.